The zero-order chi connectivity index (χ0) is 11.0. The third-order valence-electron chi connectivity index (χ3n) is 2.94. The van der Waals surface area contributed by atoms with Gasteiger partial charge in [-0.2, -0.15) is 0 Å². The van der Waals surface area contributed by atoms with Crippen molar-refractivity contribution in [1.82, 2.24) is 0 Å². The minimum absolute atomic E-state index is 0.324. The van der Waals surface area contributed by atoms with E-state index in [9.17, 15) is 4.79 Å². The standard InChI is InChI=1S/C12H24O2/c1-4-10(2)6-5-7-11(3)8-9-12(13)14/h10-11H,4-9H2,1-3H3,(H,13,14). The van der Waals surface area contributed by atoms with Crippen LogP contribution in [-0.2, 0) is 4.79 Å². The fourth-order valence-corrected chi connectivity index (χ4v) is 1.53. The normalized spacial score (nSPS) is 15.1. The number of carboxylic acid groups (broad SMARTS) is 1. The van der Waals surface area contributed by atoms with E-state index in [-0.39, 0.29) is 0 Å². The topological polar surface area (TPSA) is 37.3 Å². The van der Waals surface area contributed by atoms with Crippen molar-refractivity contribution in [3.8, 4) is 0 Å². The Labute approximate surface area is 87.7 Å². The molecular formula is C12H24O2. The van der Waals surface area contributed by atoms with E-state index in [1.54, 1.807) is 0 Å². The maximum atomic E-state index is 10.3. The third-order valence-corrected chi connectivity index (χ3v) is 2.94. The number of hydrogen-bond donors (Lipinski definition) is 1. The largest absolute Gasteiger partial charge is 0.481 e. The quantitative estimate of drug-likeness (QED) is 0.648. The lowest BCUT2D eigenvalue weighted by Crippen LogP contribution is -2.02. The Morgan fingerprint density at radius 1 is 1.14 bits per heavy atom. The molecule has 0 aromatic heterocycles. The fraction of sp³-hybridized carbons (Fsp3) is 0.917. The summed E-state index contributed by atoms with van der Waals surface area (Å²) in [6.45, 7) is 6.65. The van der Waals surface area contributed by atoms with Gasteiger partial charge in [0.05, 0.1) is 0 Å². The first-order chi connectivity index (χ1) is 6.56. The molecule has 2 nitrogen and oxygen atoms in total. The van der Waals surface area contributed by atoms with Crippen LogP contribution in [0.5, 0.6) is 0 Å². The van der Waals surface area contributed by atoms with Crippen molar-refractivity contribution in [2.75, 3.05) is 0 Å². The second-order valence-corrected chi connectivity index (χ2v) is 4.48. The zero-order valence-electron chi connectivity index (χ0n) is 9.75. The average Bonchev–Trinajstić information content (AvgIpc) is 2.14. The molecule has 0 radical (unpaired) electrons. The summed E-state index contributed by atoms with van der Waals surface area (Å²) in [5.74, 6) is 0.718. The lowest BCUT2D eigenvalue weighted by Gasteiger charge is -2.12. The summed E-state index contributed by atoms with van der Waals surface area (Å²) < 4.78 is 0. The molecule has 0 saturated carbocycles. The summed E-state index contributed by atoms with van der Waals surface area (Å²) in [4.78, 5) is 10.3. The second kappa shape index (κ2) is 7.84. The summed E-state index contributed by atoms with van der Waals surface area (Å²) in [5, 5.41) is 8.51. The molecule has 0 aromatic rings. The Balaban J connectivity index is 3.35. The highest BCUT2D eigenvalue weighted by molar-refractivity contribution is 5.66. The Morgan fingerprint density at radius 3 is 2.21 bits per heavy atom. The van der Waals surface area contributed by atoms with Crippen molar-refractivity contribution in [3.63, 3.8) is 0 Å². The molecule has 2 heteroatoms. The monoisotopic (exact) mass is 200 g/mol. The first-order valence-corrected chi connectivity index (χ1v) is 5.78. The maximum Gasteiger partial charge on any atom is 0.303 e. The Hall–Kier alpha value is -0.530. The van der Waals surface area contributed by atoms with Crippen LogP contribution in [0.3, 0.4) is 0 Å². The molecule has 0 aliphatic carbocycles. The molecule has 14 heavy (non-hydrogen) atoms. The van der Waals surface area contributed by atoms with Crippen molar-refractivity contribution in [1.29, 1.82) is 0 Å². The molecule has 0 fully saturated rings. The molecule has 0 rings (SSSR count). The van der Waals surface area contributed by atoms with Gasteiger partial charge >= 0.3 is 5.97 Å². The van der Waals surface area contributed by atoms with Gasteiger partial charge in [-0.05, 0) is 18.3 Å². The number of carboxylic acids is 1. The number of carbonyl (C=O) groups is 1. The lowest BCUT2D eigenvalue weighted by molar-refractivity contribution is -0.137. The summed E-state index contributed by atoms with van der Waals surface area (Å²) in [6.07, 6.45) is 6.12. The Kier molecular flexibility index (Phi) is 7.54. The van der Waals surface area contributed by atoms with E-state index in [0.717, 1.165) is 12.3 Å². The van der Waals surface area contributed by atoms with E-state index in [2.05, 4.69) is 20.8 Å². The second-order valence-electron chi connectivity index (χ2n) is 4.48. The fourth-order valence-electron chi connectivity index (χ4n) is 1.53. The molecule has 0 aliphatic heterocycles. The number of hydrogen-bond acceptors (Lipinski definition) is 1. The third kappa shape index (κ3) is 8.09. The van der Waals surface area contributed by atoms with Crippen LogP contribution >= 0.6 is 0 Å². The van der Waals surface area contributed by atoms with Gasteiger partial charge in [0.2, 0.25) is 0 Å². The van der Waals surface area contributed by atoms with Crippen LogP contribution in [0.15, 0.2) is 0 Å². The van der Waals surface area contributed by atoms with Gasteiger partial charge in [0.15, 0.2) is 0 Å². The smallest absolute Gasteiger partial charge is 0.303 e. The highest BCUT2D eigenvalue weighted by Crippen LogP contribution is 2.17. The molecular weight excluding hydrogens is 176 g/mol. The average molecular weight is 200 g/mol. The highest BCUT2D eigenvalue weighted by atomic mass is 16.4. The van der Waals surface area contributed by atoms with Crippen LogP contribution in [0.4, 0.5) is 0 Å². The highest BCUT2D eigenvalue weighted by Gasteiger charge is 2.06. The number of rotatable bonds is 8. The van der Waals surface area contributed by atoms with Crippen molar-refractivity contribution in [3.05, 3.63) is 0 Å². The minimum Gasteiger partial charge on any atom is -0.481 e. The summed E-state index contributed by atoms with van der Waals surface area (Å²) in [5.41, 5.74) is 0. The molecule has 0 heterocycles. The molecule has 2 atom stereocenters. The van der Waals surface area contributed by atoms with Gasteiger partial charge in [-0.3, -0.25) is 4.79 Å². The zero-order valence-corrected chi connectivity index (χ0v) is 9.75. The molecule has 0 saturated heterocycles. The molecule has 0 spiro atoms. The predicted octanol–water partition coefficient (Wildman–Crippen LogP) is 3.70. The van der Waals surface area contributed by atoms with Crippen molar-refractivity contribution < 1.29 is 9.90 Å². The molecule has 84 valence electrons. The van der Waals surface area contributed by atoms with Gasteiger partial charge in [-0.1, -0.05) is 46.5 Å². The van der Waals surface area contributed by atoms with Crippen LogP contribution in [0.2, 0.25) is 0 Å². The van der Waals surface area contributed by atoms with E-state index < -0.39 is 5.97 Å². The SMILES string of the molecule is CCC(C)CCCC(C)CCC(=O)O. The first-order valence-electron chi connectivity index (χ1n) is 5.78. The molecule has 0 aromatic carbocycles. The van der Waals surface area contributed by atoms with E-state index >= 15 is 0 Å². The lowest BCUT2D eigenvalue weighted by atomic mass is 9.94. The van der Waals surface area contributed by atoms with Crippen LogP contribution < -0.4 is 0 Å². The van der Waals surface area contributed by atoms with Crippen molar-refractivity contribution >= 4 is 5.97 Å². The van der Waals surface area contributed by atoms with Gasteiger partial charge in [0.25, 0.3) is 0 Å². The molecule has 0 bridgehead atoms. The number of aliphatic carboxylic acids is 1. The van der Waals surface area contributed by atoms with Gasteiger partial charge < -0.3 is 5.11 Å². The summed E-state index contributed by atoms with van der Waals surface area (Å²) in [6, 6.07) is 0. The van der Waals surface area contributed by atoms with Gasteiger partial charge in [0.1, 0.15) is 0 Å². The Bertz CT molecular complexity index is 154. The van der Waals surface area contributed by atoms with Gasteiger partial charge in [-0.25, -0.2) is 0 Å². The predicted molar refractivity (Wildman–Crippen MR) is 59.3 cm³/mol. The molecule has 2 unspecified atom stereocenters. The van der Waals surface area contributed by atoms with E-state index in [4.69, 9.17) is 5.11 Å². The van der Waals surface area contributed by atoms with Crippen molar-refractivity contribution in [2.24, 2.45) is 11.8 Å². The van der Waals surface area contributed by atoms with Crippen LogP contribution in [0.25, 0.3) is 0 Å². The minimum atomic E-state index is -0.668. The van der Waals surface area contributed by atoms with E-state index in [1.807, 2.05) is 0 Å². The Morgan fingerprint density at radius 2 is 1.71 bits per heavy atom. The van der Waals surface area contributed by atoms with Crippen molar-refractivity contribution in [2.45, 2.75) is 59.3 Å². The van der Waals surface area contributed by atoms with E-state index in [0.29, 0.717) is 12.3 Å². The first kappa shape index (κ1) is 13.5. The maximum absolute atomic E-state index is 10.3. The summed E-state index contributed by atoms with van der Waals surface area (Å²) in [7, 11) is 0. The van der Waals surface area contributed by atoms with E-state index in [1.165, 1.54) is 25.7 Å². The van der Waals surface area contributed by atoms with Crippen LogP contribution in [-0.4, -0.2) is 11.1 Å². The molecule has 1 N–H and O–H groups in total. The van der Waals surface area contributed by atoms with Gasteiger partial charge in [-0.15, -0.1) is 0 Å². The van der Waals surface area contributed by atoms with Crippen LogP contribution in [0.1, 0.15) is 59.3 Å². The van der Waals surface area contributed by atoms with Crippen LogP contribution in [0, 0.1) is 11.8 Å². The summed E-state index contributed by atoms with van der Waals surface area (Å²) >= 11 is 0. The van der Waals surface area contributed by atoms with Gasteiger partial charge in [0, 0.05) is 6.42 Å². The molecule has 0 aliphatic rings. The molecule has 0 amide bonds.